The number of likely N-dealkylation sites (N-methyl/N-ethyl adjacent to an activating group) is 1. The summed E-state index contributed by atoms with van der Waals surface area (Å²) in [6.07, 6.45) is 1.82. The first-order valence-corrected chi connectivity index (χ1v) is 15.6. The summed E-state index contributed by atoms with van der Waals surface area (Å²) in [4.78, 5) is 28.7. The molecule has 1 aliphatic rings. The smallest absolute Gasteiger partial charge is 0.243 e. The van der Waals surface area contributed by atoms with E-state index >= 15 is 0 Å². The summed E-state index contributed by atoms with van der Waals surface area (Å²) >= 11 is 0. The maximum atomic E-state index is 13.8. The van der Waals surface area contributed by atoms with Crippen LogP contribution >= 0.6 is 0 Å². The van der Waals surface area contributed by atoms with Gasteiger partial charge in [0, 0.05) is 38.5 Å². The predicted octanol–water partition coefficient (Wildman–Crippen LogP) is 3.78. The Labute approximate surface area is 242 Å². The van der Waals surface area contributed by atoms with Crippen LogP contribution in [0, 0.1) is 0 Å². The van der Waals surface area contributed by atoms with Gasteiger partial charge in [-0.25, -0.2) is 8.42 Å². The predicted molar refractivity (Wildman–Crippen MR) is 158 cm³/mol. The quantitative estimate of drug-likeness (QED) is 0.331. The Kier molecular flexibility index (Phi) is 10.2. The Balaban J connectivity index is 1.54. The summed E-state index contributed by atoms with van der Waals surface area (Å²) in [6, 6.07) is 23.4. The van der Waals surface area contributed by atoms with Crippen LogP contribution in [0.15, 0.2) is 78.9 Å². The van der Waals surface area contributed by atoms with Crippen molar-refractivity contribution in [2.24, 2.45) is 0 Å². The minimum Gasteiger partial charge on any atom is -0.486 e. The van der Waals surface area contributed by atoms with E-state index in [1.807, 2.05) is 67.6 Å². The maximum absolute atomic E-state index is 13.8. The molecule has 4 rings (SSSR count). The second-order valence-electron chi connectivity index (χ2n) is 9.87. The summed E-state index contributed by atoms with van der Waals surface area (Å²) in [5.74, 6) is 0.597. The first-order valence-electron chi connectivity index (χ1n) is 13.8. The highest BCUT2D eigenvalue weighted by molar-refractivity contribution is 7.92. The molecule has 0 bridgehead atoms. The molecule has 41 heavy (non-hydrogen) atoms. The Bertz CT molecular complexity index is 1420. The molecule has 2 amide bonds. The van der Waals surface area contributed by atoms with Crippen LogP contribution in [0.5, 0.6) is 11.5 Å². The number of amides is 2. The van der Waals surface area contributed by atoms with Gasteiger partial charge in [-0.3, -0.25) is 13.9 Å². The Morgan fingerprint density at radius 2 is 1.54 bits per heavy atom. The van der Waals surface area contributed by atoms with E-state index in [4.69, 9.17) is 9.47 Å². The first kappa shape index (κ1) is 29.9. The van der Waals surface area contributed by atoms with Gasteiger partial charge in [-0.1, -0.05) is 60.7 Å². The van der Waals surface area contributed by atoms with E-state index in [2.05, 4.69) is 5.32 Å². The third kappa shape index (κ3) is 8.23. The lowest BCUT2D eigenvalue weighted by Crippen LogP contribution is -2.50. The second kappa shape index (κ2) is 14.0. The summed E-state index contributed by atoms with van der Waals surface area (Å²) in [5, 5.41) is 2.89. The lowest BCUT2D eigenvalue weighted by atomic mass is 10.0. The summed E-state index contributed by atoms with van der Waals surface area (Å²) in [5.41, 5.74) is 2.28. The minimum atomic E-state index is -3.64. The molecule has 10 heteroatoms. The maximum Gasteiger partial charge on any atom is 0.243 e. The Morgan fingerprint density at radius 3 is 2.17 bits per heavy atom. The standard InChI is InChI=1S/C31H37N3O6S/c1-3-32-31(36)27(21-24-11-6-4-7-12-24)33(23-25-13-8-5-9-14-25)30(35)15-10-18-34(41(2,37)38)26-16-17-28-29(22-26)40-20-19-39-28/h4-9,11-14,16-17,22,27H,3,10,15,18-21,23H2,1-2H3,(H,32,36)/t27-/m1/s1. The highest BCUT2D eigenvalue weighted by Gasteiger charge is 2.30. The van der Waals surface area contributed by atoms with Gasteiger partial charge < -0.3 is 19.7 Å². The molecule has 0 radical (unpaired) electrons. The lowest BCUT2D eigenvalue weighted by molar-refractivity contribution is -0.141. The average molecular weight is 580 g/mol. The Hall–Kier alpha value is -4.05. The van der Waals surface area contributed by atoms with Crippen molar-refractivity contribution in [2.45, 2.75) is 38.8 Å². The van der Waals surface area contributed by atoms with Gasteiger partial charge in [0.2, 0.25) is 21.8 Å². The van der Waals surface area contributed by atoms with Gasteiger partial charge in [-0.2, -0.15) is 0 Å². The molecule has 1 aliphatic heterocycles. The summed E-state index contributed by atoms with van der Waals surface area (Å²) in [7, 11) is -3.64. The number of nitrogens with zero attached hydrogens (tertiary/aromatic N) is 2. The third-order valence-corrected chi connectivity index (χ3v) is 7.98. The van der Waals surface area contributed by atoms with E-state index in [9.17, 15) is 18.0 Å². The lowest BCUT2D eigenvalue weighted by Gasteiger charge is -2.32. The normalized spacial score (nSPS) is 13.2. The molecule has 9 nitrogen and oxygen atoms in total. The minimum absolute atomic E-state index is 0.0636. The fourth-order valence-corrected chi connectivity index (χ4v) is 5.77. The van der Waals surface area contributed by atoms with Gasteiger partial charge in [0.05, 0.1) is 11.9 Å². The molecule has 0 fully saturated rings. The zero-order valence-corrected chi connectivity index (χ0v) is 24.3. The molecule has 3 aromatic rings. The van der Waals surface area contributed by atoms with Crippen molar-refractivity contribution in [3.63, 3.8) is 0 Å². The third-order valence-electron chi connectivity index (χ3n) is 6.78. The van der Waals surface area contributed by atoms with Crippen molar-refractivity contribution < 1.29 is 27.5 Å². The SMILES string of the molecule is CCNC(=O)[C@@H](Cc1ccccc1)N(Cc1ccccc1)C(=O)CCCN(c1ccc2c(c1)OCCO2)S(C)(=O)=O. The fourth-order valence-electron chi connectivity index (χ4n) is 4.82. The number of rotatable bonds is 13. The highest BCUT2D eigenvalue weighted by Crippen LogP contribution is 2.34. The van der Waals surface area contributed by atoms with Crippen LogP contribution in [0.1, 0.15) is 30.9 Å². The van der Waals surface area contributed by atoms with Crippen LogP contribution in [0.25, 0.3) is 0 Å². The van der Waals surface area contributed by atoms with Gasteiger partial charge in [0.1, 0.15) is 19.3 Å². The van der Waals surface area contributed by atoms with E-state index in [0.29, 0.717) is 43.4 Å². The number of sulfonamides is 1. The molecular formula is C31H37N3O6S. The number of carbonyl (C=O) groups is 2. The number of ether oxygens (including phenoxy) is 2. The molecule has 3 aromatic carbocycles. The van der Waals surface area contributed by atoms with E-state index in [1.165, 1.54) is 4.31 Å². The number of hydrogen-bond donors (Lipinski definition) is 1. The zero-order chi connectivity index (χ0) is 29.2. The van der Waals surface area contributed by atoms with Crippen LogP contribution in [-0.2, 0) is 32.6 Å². The van der Waals surface area contributed by atoms with E-state index < -0.39 is 16.1 Å². The second-order valence-corrected chi connectivity index (χ2v) is 11.8. The summed E-state index contributed by atoms with van der Waals surface area (Å²) in [6.45, 7) is 3.46. The van der Waals surface area contributed by atoms with Crippen LogP contribution in [0.3, 0.4) is 0 Å². The van der Waals surface area contributed by atoms with Crippen LogP contribution in [-0.4, -0.2) is 63.7 Å². The zero-order valence-electron chi connectivity index (χ0n) is 23.5. The fraction of sp³-hybridized carbons (Fsp3) is 0.355. The van der Waals surface area contributed by atoms with Crippen LogP contribution < -0.4 is 19.1 Å². The number of hydrogen-bond acceptors (Lipinski definition) is 6. The molecule has 1 atom stereocenters. The van der Waals surface area contributed by atoms with Crippen LogP contribution in [0.2, 0.25) is 0 Å². The van der Waals surface area contributed by atoms with Crippen molar-refractivity contribution in [2.75, 3.05) is 36.9 Å². The van der Waals surface area contributed by atoms with Gasteiger partial charge in [0.25, 0.3) is 0 Å². The summed E-state index contributed by atoms with van der Waals surface area (Å²) < 4.78 is 37.9. The molecular weight excluding hydrogens is 542 g/mol. The number of fused-ring (bicyclic) bond motifs is 1. The van der Waals surface area contributed by atoms with Crippen LogP contribution in [0.4, 0.5) is 5.69 Å². The monoisotopic (exact) mass is 579 g/mol. The number of anilines is 1. The van der Waals surface area contributed by atoms with E-state index in [-0.39, 0.29) is 37.7 Å². The molecule has 0 aliphatic carbocycles. The Morgan fingerprint density at radius 1 is 0.902 bits per heavy atom. The first-order chi connectivity index (χ1) is 19.8. The molecule has 1 heterocycles. The van der Waals surface area contributed by atoms with Crippen molar-refractivity contribution in [3.05, 3.63) is 90.0 Å². The van der Waals surface area contributed by atoms with Gasteiger partial charge in [-0.15, -0.1) is 0 Å². The van der Waals surface area contributed by atoms with E-state index in [0.717, 1.165) is 17.4 Å². The average Bonchev–Trinajstić information content (AvgIpc) is 2.97. The topological polar surface area (TPSA) is 105 Å². The molecule has 0 aromatic heterocycles. The number of carbonyl (C=O) groups excluding carboxylic acids is 2. The van der Waals surface area contributed by atoms with Gasteiger partial charge >= 0.3 is 0 Å². The van der Waals surface area contributed by atoms with Gasteiger partial charge in [0.15, 0.2) is 11.5 Å². The molecule has 0 unspecified atom stereocenters. The highest BCUT2D eigenvalue weighted by atomic mass is 32.2. The molecule has 0 saturated heterocycles. The largest absolute Gasteiger partial charge is 0.486 e. The molecule has 0 spiro atoms. The van der Waals surface area contributed by atoms with Crippen molar-refractivity contribution >= 4 is 27.5 Å². The molecule has 0 saturated carbocycles. The van der Waals surface area contributed by atoms with Crippen molar-refractivity contribution in [3.8, 4) is 11.5 Å². The van der Waals surface area contributed by atoms with Crippen molar-refractivity contribution in [1.82, 2.24) is 10.2 Å². The van der Waals surface area contributed by atoms with E-state index in [1.54, 1.807) is 23.1 Å². The van der Waals surface area contributed by atoms with Crippen molar-refractivity contribution in [1.29, 1.82) is 0 Å². The molecule has 1 N–H and O–H groups in total. The number of benzene rings is 3. The van der Waals surface area contributed by atoms with Gasteiger partial charge in [-0.05, 0) is 36.6 Å². The molecule has 218 valence electrons. The number of nitrogens with one attached hydrogen (secondary N) is 1.